The van der Waals surface area contributed by atoms with Crippen LogP contribution in [-0.2, 0) is 9.47 Å². The molecule has 3 atom stereocenters. The van der Waals surface area contributed by atoms with E-state index in [2.05, 4.69) is 36.4 Å². The summed E-state index contributed by atoms with van der Waals surface area (Å²) < 4.78 is 11.4. The van der Waals surface area contributed by atoms with Crippen LogP contribution in [0.3, 0.4) is 0 Å². The number of halogens is 1. The minimum absolute atomic E-state index is 0. The largest absolute Gasteiger partial charge is 0.381 e. The Kier molecular flexibility index (Phi) is 9.15. The molecule has 0 aromatic rings. The fourth-order valence-corrected chi connectivity index (χ4v) is 3.69. The highest BCUT2D eigenvalue weighted by atomic mass is 127. The number of nitrogens with zero attached hydrogens (tertiary/aromatic N) is 1. The fraction of sp³-hybridized carbons (Fsp3) is 0.941. The predicted octanol–water partition coefficient (Wildman–Crippen LogP) is 2.79. The van der Waals surface area contributed by atoms with E-state index in [9.17, 15) is 0 Å². The Morgan fingerprint density at radius 2 is 2.04 bits per heavy atom. The van der Waals surface area contributed by atoms with Crippen molar-refractivity contribution in [1.29, 1.82) is 0 Å². The number of aliphatic imine (C=N–C) groups is 1. The maximum atomic E-state index is 5.84. The van der Waals surface area contributed by atoms with Crippen LogP contribution in [0, 0.1) is 11.3 Å². The Labute approximate surface area is 158 Å². The molecule has 5 nitrogen and oxygen atoms in total. The molecule has 0 aromatic carbocycles. The maximum Gasteiger partial charge on any atom is 0.191 e. The predicted molar refractivity (Wildman–Crippen MR) is 106 cm³/mol. The van der Waals surface area contributed by atoms with Crippen LogP contribution in [0.25, 0.3) is 0 Å². The summed E-state index contributed by atoms with van der Waals surface area (Å²) in [5, 5.41) is 6.99. The van der Waals surface area contributed by atoms with Crippen molar-refractivity contribution in [2.24, 2.45) is 16.3 Å². The van der Waals surface area contributed by atoms with Crippen LogP contribution in [0.15, 0.2) is 4.99 Å². The number of rotatable bonds is 8. The monoisotopic (exact) mass is 439 g/mol. The summed E-state index contributed by atoms with van der Waals surface area (Å²) in [6.45, 7) is 10.2. The molecule has 1 aliphatic carbocycles. The first-order valence-corrected chi connectivity index (χ1v) is 8.77. The first kappa shape index (κ1) is 21.0. The number of unbranched alkanes of at least 4 members (excludes halogenated alkanes) is 1. The zero-order valence-corrected chi connectivity index (χ0v) is 17.4. The van der Waals surface area contributed by atoms with Crippen LogP contribution in [0.2, 0.25) is 0 Å². The molecule has 0 spiro atoms. The van der Waals surface area contributed by atoms with Crippen LogP contribution in [0.4, 0.5) is 0 Å². The highest BCUT2D eigenvalue weighted by molar-refractivity contribution is 14.0. The molecule has 2 fully saturated rings. The highest BCUT2D eigenvalue weighted by Gasteiger charge is 2.59. The summed E-state index contributed by atoms with van der Waals surface area (Å²) in [6.07, 6.45) is 4.92. The van der Waals surface area contributed by atoms with E-state index in [1.165, 1.54) is 6.42 Å². The fourth-order valence-electron chi connectivity index (χ4n) is 3.69. The number of fused-ring (bicyclic) bond motifs is 1. The average Bonchev–Trinajstić information content (AvgIpc) is 2.96. The summed E-state index contributed by atoms with van der Waals surface area (Å²) in [5.41, 5.74) is 0.183. The van der Waals surface area contributed by atoms with Crippen molar-refractivity contribution < 1.29 is 9.47 Å². The van der Waals surface area contributed by atoms with Crippen molar-refractivity contribution in [2.45, 2.75) is 58.6 Å². The van der Waals surface area contributed by atoms with E-state index in [-0.39, 0.29) is 29.4 Å². The Morgan fingerprint density at radius 3 is 2.74 bits per heavy atom. The zero-order valence-electron chi connectivity index (χ0n) is 15.1. The number of hydrogen-bond acceptors (Lipinski definition) is 3. The van der Waals surface area contributed by atoms with Gasteiger partial charge in [-0.15, -0.1) is 24.0 Å². The smallest absolute Gasteiger partial charge is 0.191 e. The van der Waals surface area contributed by atoms with E-state index in [0.717, 1.165) is 51.6 Å². The standard InChI is InChI=1S/C17H33N3O2.HI/c1-5-6-10-21-11-7-9-19-16(18-4)20-14-13-8-12-22-15(13)17(14,2)3;/h13-15H,5-12H2,1-4H3,(H2,18,19,20);1H. The Balaban J connectivity index is 0.00000264. The second-order valence-electron chi connectivity index (χ2n) is 7.01. The first-order valence-electron chi connectivity index (χ1n) is 8.77. The molecule has 2 rings (SSSR count). The van der Waals surface area contributed by atoms with Gasteiger partial charge in [-0.05, 0) is 19.3 Å². The lowest BCUT2D eigenvalue weighted by molar-refractivity contribution is -0.106. The van der Waals surface area contributed by atoms with E-state index < -0.39 is 0 Å². The number of guanidine groups is 1. The van der Waals surface area contributed by atoms with Gasteiger partial charge in [-0.2, -0.15) is 0 Å². The molecule has 0 bridgehead atoms. The molecular formula is C17H34IN3O2. The van der Waals surface area contributed by atoms with Crippen molar-refractivity contribution >= 4 is 29.9 Å². The number of hydrogen-bond donors (Lipinski definition) is 2. The first-order chi connectivity index (χ1) is 10.6. The van der Waals surface area contributed by atoms with E-state index in [1.54, 1.807) is 0 Å². The van der Waals surface area contributed by atoms with Gasteiger partial charge >= 0.3 is 0 Å². The molecule has 23 heavy (non-hydrogen) atoms. The SMILES string of the molecule is CCCCOCCCNC(=NC)NC1C2CCOC2C1(C)C.I. The minimum Gasteiger partial charge on any atom is -0.381 e. The van der Waals surface area contributed by atoms with Crippen molar-refractivity contribution in [1.82, 2.24) is 10.6 Å². The second kappa shape index (κ2) is 10.0. The molecule has 1 saturated heterocycles. The topological polar surface area (TPSA) is 54.9 Å². The normalized spacial score (nSPS) is 28.5. The summed E-state index contributed by atoms with van der Waals surface area (Å²) >= 11 is 0. The molecule has 3 unspecified atom stereocenters. The van der Waals surface area contributed by atoms with Crippen molar-refractivity contribution in [3.63, 3.8) is 0 Å². The third kappa shape index (κ3) is 5.19. The Hall–Kier alpha value is -0.0800. The molecule has 136 valence electrons. The lowest BCUT2D eigenvalue weighted by Gasteiger charge is -2.54. The molecule has 0 radical (unpaired) electrons. The van der Waals surface area contributed by atoms with Crippen LogP contribution < -0.4 is 10.6 Å². The summed E-state index contributed by atoms with van der Waals surface area (Å²) in [6, 6.07) is 0.451. The van der Waals surface area contributed by atoms with Gasteiger partial charge in [-0.3, -0.25) is 4.99 Å². The van der Waals surface area contributed by atoms with E-state index in [4.69, 9.17) is 9.47 Å². The van der Waals surface area contributed by atoms with E-state index in [0.29, 0.717) is 18.1 Å². The molecule has 0 aromatic heterocycles. The lowest BCUT2D eigenvalue weighted by atomic mass is 9.57. The van der Waals surface area contributed by atoms with Gasteiger partial charge in [0.2, 0.25) is 0 Å². The minimum atomic E-state index is 0. The van der Waals surface area contributed by atoms with Gasteiger partial charge < -0.3 is 20.1 Å². The third-order valence-electron chi connectivity index (χ3n) is 5.02. The summed E-state index contributed by atoms with van der Waals surface area (Å²) in [7, 11) is 1.83. The van der Waals surface area contributed by atoms with Crippen molar-refractivity contribution in [3.05, 3.63) is 0 Å². The Bertz CT molecular complexity index is 377. The Morgan fingerprint density at radius 1 is 1.30 bits per heavy atom. The van der Waals surface area contributed by atoms with Crippen LogP contribution in [-0.4, -0.2) is 51.5 Å². The maximum absolute atomic E-state index is 5.84. The zero-order chi connectivity index (χ0) is 16.0. The lowest BCUT2D eigenvalue weighted by Crippen LogP contribution is -2.68. The number of nitrogens with one attached hydrogen (secondary N) is 2. The van der Waals surface area contributed by atoms with Gasteiger partial charge in [-0.25, -0.2) is 0 Å². The van der Waals surface area contributed by atoms with Gasteiger partial charge in [0.1, 0.15) is 0 Å². The molecular weight excluding hydrogens is 405 g/mol. The molecule has 1 aliphatic heterocycles. The van der Waals surface area contributed by atoms with Gasteiger partial charge in [0, 0.05) is 50.8 Å². The highest BCUT2D eigenvalue weighted by Crippen LogP contribution is 2.51. The number of ether oxygens (including phenoxy) is 2. The quantitative estimate of drug-likeness (QED) is 0.264. The van der Waals surface area contributed by atoms with Gasteiger partial charge in [0.25, 0.3) is 0 Å². The molecule has 6 heteroatoms. The van der Waals surface area contributed by atoms with Crippen LogP contribution in [0.1, 0.15) is 46.5 Å². The molecule has 0 amide bonds. The average molecular weight is 439 g/mol. The molecule has 2 N–H and O–H groups in total. The van der Waals surface area contributed by atoms with Gasteiger partial charge in [-0.1, -0.05) is 27.2 Å². The van der Waals surface area contributed by atoms with Gasteiger partial charge in [0.15, 0.2) is 5.96 Å². The summed E-state index contributed by atoms with van der Waals surface area (Å²) in [4.78, 5) is 4.35. The summed E-state index contributed by atoms with van der Waals surface area (Å²) in [5.74, 6) is 1.53. The third-order valence-corrected chi connectivity index (χ3v) is 5.02. The molecule has 1 saturated carbocycles. The van der Waals surface area contributed by atoms with Crippen LogP contribution in [0.5, 0.6) is 0 Å². The van der Waals surface area contributed by atoms with Crippen molar-refractivity contribution in [3.8, 4) is 0 Å². The van der Waals surface area contributed by atoms with Crippen molar-refractivity contribution in [2.75, 3.05) is 33.4 Å². The molecule has 2 aliphatic rings. The van der Waals surface area contributed by atoms with Crippen LogP contribution >= 0.6 is 24.0 Å². The second-order valence-corrected chi connectivity index (χ2v) is 7.01. The van der Waals surface area contributed by atoms with E-state index in [1.807, 2.05) is 7.05 Å². The van der Waals surface area contributed by atoms with Gasteiger partial charge in [0.05, 0.1) is 6.10 Å². The van der Waals surface area contributed by atoms with E-state index >= 15 is 0 Å². The molecule has 1 heterocycles.